The Kier molecular flexibility index (Phi) is 1.86. The first-order chi connectivity index (χ1) is 5.47. The van der Waals surface area contributed by atoms with Crippen LogP contribution in [-0.4, -0.2) is 18.1 Å². The highest BCUT2D eigenvalue weighted by atomic mass is 14.9. The molecule has 0 bridgehead atoms. The highest BCUT2D eigenvalue weighted by molar-refractivity contribution is 5.21. The van der Waals surface area contributed by atoms with Crippen LogP contribution < -0.4 is 5.32 Å². The quantitative estimate of drug-likeness (QED) is 0.588. The minimum Gasteiger partial charge on any atom is -0.316 e. The zero-order chi connectivity index (χ0) is 7.52. The van der Waals surface area contributed by atoms with Crippen LogP contribution in [0.2, 0.25) is 0 Å². The minimum atomic E-state index is 1.07. The smallest absolute Gasteiger partial charge is 0.0448 e. The van der Waals surface area contributed by atoms with Crippen molar-refractivity contribution in [2.75, 3.05) is 13.1 Å². The Morgan fingerprint density at radius 3 is 3.18 bits per heavy atom. The molecule has 2 nitrogen and oxygen atoms in total. The topological polar surface area (TPSA) is 24.9 Å². The van der Waals surface area contributed by atoms with E-state index in [1.54, 1.807) is 0 Å². The Bertz CT molecular complexity index is 220. The second-order valence-electron chi connectivity index (χ2n) is 2.86. The van der Waals surface area contributed by atoms with Crippen LogP contribution in [-0.2, 0) is 12.8 Å². The van der Waals surface area contributed by atoms with Crippen LogP contribution in [0.15, 0.2) is 18.3 Å². The van der Waals surface area contributed by atoms with Crippen LogP contribution in [0.3, 0.4) is 0 Å². The first-order valence-corrected chi connectivity index (χ1v) is 4.10. The summed E-state index contributed by atoms with van der Waals surface area (Å²) < 4.78 is 0. The fourth-order valence-corrected chi connectivity index (χ4v) is 1.48. The molecule has 11 heavy (non-hydrogen) atoms. The Hall–Kier alpha value is -0.890. The summed E-state index contributed by atoms with van der Waals surface area (Å²) in [7, 11) is 0. The normalized spacial score (nSPS) is 17.1. The van der Waals surface area contributed by atoms with Gasteiger partial charge in [-0.1, -0.05) is 6.07 Å². The lowest BCUT2D eigenvalue weighted by molar-refractivity contribution is 0.708. The summed E-state index contributed by atoms with van der Waals surface area (Å²) in [4.78, 5) is 4.34. The maximum absolute atomic E-state index is 4.34. The Morgan fingerprint density at radius 1 is 1.27 bits per heavy atom. The van der Waals surface area contributed by atoms with Crippen molar-refractivity contribution in [3.05, 3.63) is 29.6 Å². The van der Waals surface area contributed by atoms with Gasteiger partial charge in [-0.25, -0.2) is 0 Å². The van der Waals surface area contributed by atoms with Crippen LogP contribution in [0.25, 0.3) is 0 Å². The van der Waals surface area contributed by atoms with Gasteiger partial charge in [0.05, 0.1) is 0 Å². The second-order valence-corrected chi connectivity index (χ2v) is 2.86. The minimum absolute atomic E-state index is 1.07. The summed E-state index contributed by atoms with van der Waals surface area (Å²) in [5, 5.41) is 3.35. The van der Waals surface area contributed by atoms with Gasteiger partial charge in [0.15, 0.2) is 0 Å². The Morgan fingerprint density at radius 2 is 2.18 bits per heavy atom. The Balaban J connectivity index is 2.33. The molecule has 1 N–H and O–H groups in total. The van der Waals surface area contributed by atoms with E-state index in [1.165, 1.54) is 11.3 Å². The van der Waals surface area contributed by atoms with Gasteiger partial charge in [-0.2, -0.15) is 0 Å². The summed E-state index contributed by atoms with van der Waals surface area (Å²) in [6.45, 7) is 2.17. The van der Waals surface area contributed by atoms with Crippen LogP contribution in [0, 0.1) is 0 Å². The largest absolute Gasteiger partial charge is 0.316 e. The van der Waals surface area contributed by atoms with Crippen molar-refractivity contribution in [1.29, 1.82) is 0 Å². The van der Waals surface area contributed by atoms with E-state index in [4.69, 9.17) is 0 Å². The van der Waals surface area contributed by atoms with Gasteiger partial charge in [-0.05, 0) is 24.6 Å². The van der Waals surface area contributed by atoms with Crippen LogP contribution in [0.5, 0.6) is 0 Å². The van der Waals surface area contributed by atoms with Crippen LogP contribution in [0.4, 0.5) is 0 Å². The SMILES string of the molecule is c1cnc2c(c1)CCNCC2. The van der Waals surface area contributed by atoms with E-state index in [0.717, 1.165) is 25.9 Å². The average molecular weight is 148 g/mol. The molecule has 0 radical (unpaired) electrons. The summed E-state index contributed by atoms with van der Waals surface area (Å²) in [5.41, 5.74) is 2.69. The van der Waals surface area contributed by atoms with E-state index in [-0.39, 0.29) is 0 Å². The van der Waals surface area contributed by atoms with E-state index in [2.05, 4.69) is 16.4 Å². The van der Waals surface area contributed by atoms with Gasteiger partial charge >= 0.3 is 0 Å². The van der Waals surface area contributed by atoms with E-state index in [9.17, 15) is 0 Å². The van der Waals surface area contributed by atoms with Gasteiger partial charge in [-0.15, -0.1) is 0 Å². The predicted octanol–water partition coefficient (Wildman–Crippen LogP) is 0.770. The summed E-state index contributed by atoms with van der Waals surface area (Å²) in [6, 6.07) is 4.19. The van der Waals surface area contributed by atoms with Crippen molar-refractivity contribution in [3.63, 3.8) is 0 Å². The first kappa shape index (κ1) is 6.80. The second kappa shape index (κ2) is 3.01. The van der Waals surface area contributed by atoms with E-state index >= 15 is 0 Å². The maximum Gasteiger partial charge on any atom is 0.0448 e. The molecule has 0 saturated heterocycles. The molecule has 0 saturated carbocycles. The summed E-state index contributed by atoms with van der Waals surface area (Å²) in [6.07, 6.45) is 4.09. The molecule has 2 heterocycles. The molecule has 2 rings (SSSR count). The molecule has 1 aromatic rings. The highest BCUT2D eigenvalue weighted by Crippen LogP contribution is 2.08. The zero-order valence-electron chi connectivity index (χ0n) is 6.51. The predicted molar refractivity (Wildman–Crippen MR) is 44.5 cm³/mol. The molecule has 0 amide bonds. The van der Waals surface area contributed by atoms with Crippen LogP contribution >= 0.6 is 0 Å². The first-order valence-electron chi connectivity index (χ1n) is 4.10. The van der Waals surface area contributed by atoms with E-state index in [1.807, 2.05) is 12.3 Å². The standard InChI is InChI=1S/C9H12N2/c1-2-8-3-6-10-7-4-9(8)11-5-1/h1-2,5,10H,3-4,6-7H2. The van der Waals surface area contributed by atoms with Gasteiger partial charge in [0, 0.05) is 24.9 Å². The number of fused-ring (bicyclic) bond motifs is 1. The van der Waals surface area contributed by atoms with Crippen molar-refractivity contribution >= 4 is 0 Å². The van der Waals surface area contributed by atoms with Crippen molar-refractivity contribution in [3.8, 4) is 0 Å². The monoisotopic (exact) mass is 148 g/mol. The number of nitrogens with one attached hydrogen (secondary N) is 1. The number of pyridine rings is 1. The molecule has 0 spiro atoms. The number of hydrogen-bond donors (Lipinski definition) is 1. The molecular formula is C9H12N2. The van der Waals surface area contributed by atoms with Gasteiger partial charge < -0.3 is 5.32 Å². The fraction of sp³-hybridized carbons (Fsp3) is 0.444. The zero-order valence-corrected chi connectivity index (χ0v) is 6.51. The van der Waals surface area contributed by atoms with Gasteiger partial charge in [-0.3, -0.25) is 4.98 Å². The number of nitrogens with zero attached hydrogens (tertiary/aromatic N) is 1. The van der Waals surface area contributed by atoms with Gasteiger partial charge in [0.2, 0.25) is 0 Å². The molecule has 1 aliphatic heterocycles. The van der Waals surface area contributed by atoms with Crippen molar-refractivity contribution in [2.45, 2.75) is 12.8 Å². The number of hydrogen-bond acceptors (Lipinski definition) is 2. The van der Waals surface area contributed by atoms with Crippen molar-refractivity contribution in [2.24, 2.45) is 0 Å². The van der Waals surface area contributed by atoms with E-state index in [0.29, 0.717) is 0 Å². The fourth-order valence-electron chi connectivity index (χ4n) is 1.48. The molecule has 1 aromatic heterocycles. The molecular weight excluding hydrogens is 136 g/mol. The molecule has 0 fully saturated rings. The van der Waals surface area contributed by atoms with E-state index < -0.39 is 0 Å². The van der Waals surface area contributed by atoms with Crippen molar-refractivity contribution in [1.82, 2.24) is 10.3 Å². The number of aromatic nitrogens is 1. The molecule has 0 aliphatic carbocycles. The van der Waals surface area contributed by atoms with Gasteiger partial charge in [0.25, 0.3) is 0 Å². The lowest BCUT2D eigenvalue weighted by atomic mass is 10.1. The number of rotatable bonds is 0. The molecule has 58 valence electrons. The highest BCUT2D eigenvalue weighted by Gasteiger charge is 2.05. The lowest BCUT2D eigenvalue weighted by Crippen LogP contribution is -2.16. The molecule has 0 aromatic carbocycles. The molecule has 2 heteroatoms. The molecule has 0 unspecified atom stereocenters. The van der Waals surface area contributed by atoms with Crippen molar-refractivity contribution < 1.29 is 0 Å². The van der Waals surface area contributed by atoms with Crippen LogP contribution in [0.1, 0.15) is 11.3 Å². The Labute approximate surface area is 66.7 Å². The lowest BCUT2D eigenvalue weighted by Gasteiger charge is -2.00. The maximum atomic E-state index is 4.34. The van der Waals surface area contributed by atoms with Gasteiger partial charge in [0.1, 0.15) is 0 Å². The third-order valence-corrected chi connectivity index (χ3v) is 2.09. The average Bonchev–Trinajstić information content (AvgIpc) is 2.28. The summed E-state index contributed by atoms with van der Waals surface area (Å²) >= 11 is 0. The molecule has 0 atom stereocenters. The third kappa shape index (κ3) is 1.40. The summed E-state index contributed by atoms with van der Waals surface area (Å²) in [5.74, 6) is 0. The third-order valence-electron chi connectivity index (χ3n) is 2.09. The molecule has 1 aliphatic rings.